The van der Waals surface area contributed by atoms with Crippen molar-refractivity contribution in [1.82, 2.24) is 24.0 Å². The first-order chi connectivity index (χ1) is 14.7. The molecule has 1 aromatic carbocycles. The molecule has 0 radical (unpaired) electrons. The second-order valence-corrected chi connectivity index (χ2v) is 8.10. The second-order valence-electron chi connectivity index (χ2n) is 8.10. The number of fused-ring (bicyclic) bond motifs is 3. The van der Waals surface area contributed by atoms with Gasteiger partial charge in [-0.05, 0) is 50.3 Å². The highest BCUT2D eigenvalue weighted by molar-refractivity contribution is 6.11. The van der Waals surface area contributed by atoms with Crippen molar-refractivity contribution < 1.29 is 4.79 Å². The van der Waals surface area contributed by atoms with Crippen molar-refractivity contribution in [2.45, 2.75) is 39.7 Å². The highest BCUT2D eigenvalue weighted by atomic mass is 16.2. The molecule has 0 spiro atoms. The predicted molar refractivity (Wildman–Crippen MR) is 119 cm³/mol. The normalized spacial score (nSPS) is 13.9. The second kappa shape index (κ2) is 7.59. The Labute approximate surface area is 176 Å². The summed E-state index contributed by atoms with van der Waals surface area (Å²) in [5.74, 6) is 1.30. The molecule has 0 saturated heterocycles. The quantitative estimate of drug-likeness (QED) is 0.453. The fourth-order valence-corrected chi connectivity index (χ4v) is 4.36. The van der Waals surface area contributed by atoms with E-state index in [-0.39, 0.29) is 5.91 Å². The van der Waals surface area contributed by atoms with Gasteiger partial charge in [0.15, 0.2) is 0 Å². The van der Waals surface area contributed by atoms with Gasteiger partial charge in [0.05, 0.1) is 16.6 Å². The molecule has 5 rings (SSSR count). The fraction of sp³-hybridized carbons (Fsp3) is 0.375. The van der Waals surface area contributed by atoms with Gasteiger partial charge in [0.2, 0.25) is 5.95 Å². The average molecular weight is 402 g/mol. The summed E-state index contributed by atoms with van der Waals surface area (Å²) in [7, 11) is 0. The molecule has 0 N–H and O–H groups in total. The number of hydrogen-bond acceptors (Lipinski definition) is 3. The van der Waals surface area contributed by atoms with Gasteiger partial charge in [-0.2, -0.15) is 0 Å². The van der Waals surface area contributed by atoms with Crippen molar-refractivity contribution >= 4 is 27.8 Å². The topological polar surface area (TPSA) is 56.0 Å². The number of para-hydroxylation sites is 1. The van der Waals surface area contributed by atoms with Crippen molar-refractivity contribution in [3.05, 3.63) is 54.5 Å². The zero-order valence-corrected chi connectivity index (χ0v) is 17.6. The minimum atomic E-state index is 0.0325. The van der Waals surface area contributed by atoms with Gasteiger partial charge < -0.3 is 9.47 Å². The number of amides is 1. The molecule has 0 aliphatic heterocycles. The lowest BCUT2D eigenvalue weighted by Gasteiger charge is -2.20. The molecule has 6 heteroatoms. The molecule has 0 unspecified atom stereocenters. The molecule has 154 valence electrons. The summed E-state index contributed by atoms with van der Waals surface area (Å²) in [6.07, 6.45) is 6.95. The zero-order valence-electron chi connectivity index (χ0n) is 17.6. The van der Waals surface area contributed by atoms with Crippen LogP contribution in [0.1, 0.15) is 43.6 Å². The van der Waals surface area contributed by atoms with Crippen molar-refractivity contribution in [1.29, 1.82) is 0 Å². The van der Waals surface area contributed by atoms with E-state index in [9.17, 15) is 4.79 Å². The maximum absolute atomic E-state index is 13.5. The van der Waals surface area contributed by atoms with Crippen molar-refractivity contribution in [3.63, 3.8) is 0 Å². The smallest absolute Gasteiger partial charge is 0.271 e. The first-order valence-electron chi connectivity index (χ1n) is 10.9. The number of aromatic nitrogens is 4. The highest BCUT2D eigenvalue weighted by Crippen LogP contribution is 2.38. The molecule has 1 aliphatic rings. The first-order valence-corrected chi connectivity index (χ1v) is 10.9. The third-order valence-corrected chi connectivity index (χ3v) is 5.99. The first kappa shape index (κ1) is 18.9. The Morgan fingerprint density at radius 1 is 1.10 bits per heavy atom. The Morgan fingerprint density at radius 2 is 1.87 bits per heavy atom. The molecule has 0 atom stereocenters. The maximum Gasteiger partial charge on any atom is 0.271 e. The van der Waals surface area contributed by atoms with Gasteiger partial charge in [0.25, 0.3) is 5.91 Å². The summed E-state index contributed by atoms with van der Waals surface area (Å²) in [5, 5.41) is 1.14. The van der Waals surface area contributed by atoms with Crippen LogP contribution in [0.2, 0.25) is 0 Å². The molecule has 3 aromatic heterocycles. The van der Waals surface area contributed by atoms with Crippen LogP contribution in [0.25, 0.3) is 27.9 Å². The summed E-state index contributed by atoms with van der Waals surface area (Å²) in [6.45, 7) is 6.54. The van der Waals surface area contributed by atoms with Gasteiger partial charge in [0.1, 0.15) is 5.69 Å². The number of rotatable bonds is 7. The molecule has 6 nitrogen and oxygen atoms in total. The lowest BCUT2D eigenvalue weighted by molar-refractivity contribution is 0.0756. The van der Waals surface area contributed by atoms with Crippen LogP contribution in [0.15, 0.2) is 48.8 Å². The summed E-state index contributed by atoms with van der Waals surface area (Å²) in [6, 6.07) is 12.3. The molecule has 1 saturated carbocycles. The van der Waals surface area contributed by atoms with Crippen LogP contribution in [0, 0.1) is 5.92 Å². The van der Waals surface area contributed by atoms with E-state index in [2.05, 4.69) is 51.8 Å². The number of nitrogens with zero attached hydrogens (tertiary/aromatic N) is 5. The maximum atomic E-state index is 13.5. The van der Waals surface area contributed by atoms with Gasteiger partial charge in [-0.3, -0.25) is 9.36 Å². The van der Waals surface area contributed by atoms with Gasteiger partial charge >= 0.3 is 0 Å². The summed E-state index contributed by atoms with van der Waals surface area (Å²) in [4.78, 5) is 24.5. The highest BCUT2D eigenvalue weighted by Gasteiger charge is 2.28. The molecule has 1 fully saturated rings. The van der Waals surface area contributed by atoms with Crippen LogP contribution in [0.5, 0.6) is 0 Å². The molecule has 1 aliphatic carbocycles. The number of carbonyl (C=O) groups excluding carboxylic acids is 1. The largest absolute Gasteiger partial charge is 0.339 e. The average Bonchev–Trinajstić information content (AvgIpc) is 3.45. The summed E-state index contributed by atoms with van der Waals surface area (Å²) < 4.78 is 4.34. The van der Waals surface area contributed by atoms with Gasteiger partial charge in [-0.15, -0.1) is 0 Å². The summed E-state index contributed by atoms with van der Waals surface area (Å²) >= 11 is 0. The standard InChI is InChI=1S/C24H27N5O/c1-3-14-27(4-2)23(30)21-15-20-22(29(21)24-25-12-7-13-26-24)18-8-5-6-9-19(18)28(20)16-17-10-11-17/h5-9,12-13,15,17H,3-4,10-11,14,16H2,1-2H3. The van der Waals surface area contributed by atoms with E-state index in [1.807, 2.05) is 16.4 Å². The Hall–Kier alpha value is -3.15. The number of carbonyl (C=O) groups is 1. The minimum Gasteiger partial charge on any atom is -0.339 e. The van der Waals surface area contributed by atoms with E-state index < -0.39 is 0 Å². The SMILES string of the molecule is CCCN(CC)C(=O)c1cc2c(c3ccccc3n2CC2CC2)n1-c1ncccn1. The predicted octanol–water partition coefficient (Wildman–Crippen LogP) is 4.66. The Balaban J connectivity index is 1.80. The molecule has 0 bridgehead atoms. The Kier molecular flexibility index (Phi) is 4.77. The van der Waals surface area contributed by atoms with Crippen molar-refractivity contribution in [2.24, 2.45) is 5.92 Å². The van der Waals surface area contributed by atoms with E-state index in [0.717, 1.165) is 41.8 Å². The van der Waals surface area contributed by atoms with E-state index in [4.69, 9.17) is 0 Å². The molecular formula is C24H27N5O. The molecular weight excluding hydrogens is 374 g/mol. The van der Waals surface area contributed by atoms with E-state index >= 15 is 0 Å². The zero-order chi connectivity index (χ0) is 20.7. The third kappa shape index (κ3) is 3.07. The molecule has 30 heavy (non-hydrogen) atoms. The molecule has 3 heterocycles. The van der Waals surface area contributed by atoms with E-state index in [0.29, 0.717) is 18.2 Å². The van der Waals surface area contributed by atoms with Crippen LogP contribution in [0.3, 0.4) is 0 Å². The lowest BCUT2D eigenvalue weighted by atomic mass is 10.2. The van der Waals surface area contributed by atoms with Gasteiger partial charge in [0, 0.05) is 37.4 Å². The van der Waals surface area contributed by atoms with Crippen LogP contribution >= 0.6 is 0 Å². The van der Waals surface area contributed by atoms with Gasteiger partial charge in [-0.25, -0.2) is 9.97 Å². The monoisotopic (exact) mass is 401 g/mol. The van der Waals surface area contributed by atoms with E-state index in [1.165, 1.54) is 18.4 Å². The van der Waals surface area contributed by atoms with Gasteiger partial charge in [-0.1, -0.05) is 25.1 Å². The minimum absolute atomic E-state index is 0.0325. The summed E-state index contributed by atoms with van der Waals surface area (Å²) in [5.41, 5.74) is 3.95. The van der Waals surface area contributed by atoms with Crippen molar-refractivity contribution in [3.8, 4) is 5.95 Å². The van der Waals surface area contributed by atoms with Crippen LogP contribution in [-0.4, -0.2) is 43.0 Å². The van der Waals surface area contributed by atoms with Crippen LogP contribution in [0.4, 0.5) is 0 Å². The van der Waals surface area contributed by atoms with Crippen LogP contribution < -0.4 is 0 Å². The van der Waals surface area contributed by atoms with Crippen LogP contribution in [-0.2, 0) is 6.54 Å². The fourth-order valence-electron chi connectivity index (χ4n) is 4.36. The molecule has 1 amide bonds. The third-order valence-electron chi connectivity index (χ3n) is 5.99. The number of benzene rings is 1. The van der Waals surface area contributed by atoms with E-state index in [1.54, 1.807) is 18.5 Å². The van der Waals surface area contributed by atoms with Crippen molar-refractivity contribution in [2.75, 3.05) is 13.1 Å². The Bertz CT molecular complexity index is 1200. The number of hydrogen-bond donors (Lipinski definition) is 0. The Morgan fingerprint density at radius 3 is 2.57 bits per heavy atom. The molecule has 4 aromatic rings. The lowest BCUT2D eigenvalue weighted by Crippen LogP contribution is -2.33.